The Morgan fingerprint density at radius 2 is 1.67 bits per heavy atom. The van der Waals surface area contributed by atoms with Gasteiger partial charge in [0, 0.05) is 11.1 Å². The molecular weight excluding hydrogens is 302 g/mol. The molecule has 2 aromatic rings. The lowest BCUT2D eigenvalue weighted by molar-refractivity contribution is 0.103. The highest BCUT2D eigenvalue weighted by molar-refractivity contribution is 6.35. The summed E-state index contributed by atoms with van der Waals surface area (Å²) in [5.74, 6) is -1.77. The molecule has 0 fully saturated rings. The lowest BCUT2D eigenvalue weighted by Crippen LogP contribution is -2.16. The van der Waals surface area contributed by atoms with Crippen molar-refractivity contribution in [1.82, 2.24) is 0 Å². The van der Waals surface area contributed by atoms with Crippen molar-refractivity contribution in [2.24, 2.45) is 0 Å². The fraction of sp³-hybridized carbons (Fsp3) is 0.133. The van der Waals surface area contributed by atoms with Gasteiger partial charge in [0.15, 0.2) is 28.9 Å². The minimum absolute atomic E-state index is 0.104. The van der Waals surface area contributed by atoms with Gasteiger partial charge in [0.1, 0.15) is 13.2 Å². The third-order valence-corrected chi connectivity index (χ3v) is 3.37. The van der Waals surface area contributed by atoms with E-state index in [1.165, 1.54) is 12.1 Å². The molecule has 3 nitrogen and oxygen atoms in total. The maximum absolute atomic E-state index is 13.3. The number of fused-ring (bicyclic) bond motifs is 1. The molecule has 1 aliphatic heterocycles. The Morgan fingerprint density at radius 3 is 2.43 bits per heavy atom. The normalized spacial score (nSPS) is 13.1. The first-order valence-corrected chi connectivity index (χ1v) is 6.53. The van der Waals surface area contributed by atoms with Gasteiger partial charge in [-0.15, -0.1) is 0 Å². The molecule has 0 spiro atoms. The summed E-state index contributed by atoms with van der Waals surface area (Å²) in [6.45, 7) is 0.825. The first-order valence-electron chi connectivity index (χ1n) is 6.15. The number of rotatable bonds is 2. The van der Waals surface area contributed by atoms with Gasteiger partial charge in [-0.05, 0) is 30.3 Å². The Hall–Kier alpha value is -2.14. The molecule has 0 saturated heterocycles. The lowest BCUT2D eigenvalue weighted by atomic mass is 10.0. The molecule has 6 heteroatoms. The molecule has 0 saturated carbocycles. The zero-order valence-corrected chi connectivity index (χ0v) is 11.4. The van der Waals surface area contributed by atoms with Gasteiger partial charge in [0.05, 0.1) is 5.02 Å². The molecule has 0 atom stereocenters. The first-order chi connectivity index (χ1) is 10.1. The van der Waals surface area contributed by atoms with Crippen LogP contribution in [0.1, 0.15) is 15.9 Å². The third kappa shape index (κ3) is 2.56. The Morgan fingerprint density at radius 1 is 1.00 bits per heavy atom. The predicted molar refractivity (Wildman–Crippen MR) is 72.2 cm³/mol. The molecule has 2 aromatic carbocycles. The van der Waals surface area contributed by atoms with Crippen LogP contribution in [-0.4, -0.2) is 19.0 Å². The van der Waals surface area contributed by atoms with Crippen LogP contribution in [0.25, 0.3) is 0 Å². The molecule has 108 valence electrons. The maximum atomic E-state index is 13.3. The number of halogens is 3. The van der Waals surface area contributed by atoms with Gasteiger partial charge >= 0.3 is 0 Å². The molecule has 0 N–H and O–H groups in total. The SMILES string of the molecule is O=C(c1ccc2c(c1)OCCO2)c1cc(F)c(F)cc1Cl. The minimum Gasteiger partial charge on any atom is -0.486 e. The molecule has 0 radical (unpaired) electrons. The summed E-state index contributed by atoms with van der Waals surface area (Å²) in [5, 5.41) is -0.145. The second-order valence-electron chi connectivity index (χ2n) is 4.43. The van der Waals surface area contributed by atoms with Crippen molar-refractivity contribution in [2.75, 3.05) is 13.2 Å². The third-order valence-electron chi connectivity index (χ3n) is 3.06. The summed E-state index contributed by atoms with van der Waals surface area (Å²) >= 11 is 5.81. The Balaban J connectivity index is 2.01. The van der Waals surface area contributed by atoms with E-state index in [2.05, 4.69) is 0 Å². The number of carbonyl (C=O) groups excluding carboxylic acids is 1. The molecule has 3 rings (SSSR count). The van der Waals surface area contributed by atoms with Crippen LogP contribution in [-0.2, 0) is 0 Å². The Kier molecular flexibility index (Phi) is 3.51. The van der Waals surface area contributed by atoms with Gasteiger partial charge in [-0.3, -0.25) is 4.79 Å². The second-order valence-corrected chi connectivity index (χ2v) is 4.84. The summed E-state index contributed by atoms with van der Waals surface area (Å²) in [7, 11) is 0. The van der Waals surface area contributed by atoms with Crippen molar-refractivity contribution < 1.29 is 23.0 Å². The van der Waals surface area contributed by atoms with E-state index in [0.717, 1.165) is 12.1 Å². The van der Waals surface area contributed by atoms with E-state index in [1.807, 2.05) is 0 Å². The summed E-state index contributed by atoms with van der Waals surface area (Å²) in [4.78, 5) is 12.3. The van der Waals surface area contributed by atoms with E-state index in [0.29, 0.717) is 24.7 Å². The molecule has 1 aliphatic rings. The van der Waals surface area contributed by atoms with Crippen LogP contribution in [0.4, 0.5) is 8.78 Å². The topological polar surface area (TPSA) is 35.5 Å². The summed E-state index contributed by atoms with van der Waals surface area (Å²) < 4.78 is 37.1. The Bertz CT molecular complexity index is 731. The summed E-state index contributed by atoms with van der Waals surface area (Å²) in [5.41, 5.74) is 0.152. The van der Waals surface area contributed by atoms with Crippen LogP contribution in [0.2, 0.25) is 5.02 Å². The molecule has 0 aromatic heterocycles. The van der Waals surface area contributed by atoms with E-state index < -0.39 is 17.4 Å². The minimum atomic E-state index is -1.12. The fourth-order valence-corrected chi connectivity index (χ4v) is 2.27. The molecule has 0 aliphatic carbocycles. The average Bonchev–Trinajstić information content (AvgIpc) is 2.50. The van der Waals surface area contributed by atoms with Gasteiger partial charge in [-0.25, -0.2) is 8.78 Å². The van der Waals surface area contributed by atoms with Crippen molar-refractivity contribution in [2.45, 2.75) is 0 Å². The summed E-state index contributed by atoms with van der Waals surface area (Å²) in [6, 6.07) is 6.18. The van der Waals surface area contributed by atoms with Gasteiger partial charge < -0.3 is 9.47 Å². The number of ether oxygens (including phenoxy) is 2. The number of hydrogen-bond acceptors (Lipinski definition) is 3. The second kappa shape index (κ2) is 5.33. The molecule has 21 heavy (non-hydrogen) atoms. The van der Waals surface area contributed by atoms with Crippen LogP contribution in [0.5, 0.6) is 11.5 Å². The van der Waals surface area contributed by atoms with Crippen molar-refractivity contribution in [3.63, 3.8) is 0 Å². The molecule has 0 unspecified atom stereocenters. The van der Waals surface area contributed by atoms with Gasteiger partial charge in [0.2, 0.25) is 0 Å². The molecule has 0 amide bonds. The van der Waals surface area contributed by atoms with E-state index in [9.17, 15) is 13.6 Å². The lowest BCUT2D eigenvalue weighted by Gasteiger charge is -2.18. The largest absolute Gasteiger partial charge is 0.486 e. The zero-order chi connectivity index (χ0) is 15.0. The van der Waals surface area contributed by atoms with Crippen LogP contribution in [0.15, 0.2) is 30.3 Å². The van der Waals surface area contributed by atoms with E-state index in [-0.39, 0.29) is 16.1 Å². The monoisotopic (exact) mass is 310 g/mol. The van der Waals surface area contributed by atoms with Crippen LogP contribution >= 0.6 is 11.6 Å². The van der Waals surface area contributed by atoms with Crippen molar-refractivity contribution in [3.05, 3.63) is 58.1 Å². The maximum Gasteiger partial charge on any atom is 0.194 e. The highest BCUT2D eigenvalue weighted by Gasteiger charge is 2.19. The van der Waals surface area contributed by atoms with Crippen molar-refractivity contribution in [3.8, 4) is 11.5 Å². The number of carbonyl (C=O) groups is 1. The average molecular weight is 311 g/mol. The number of hydrogen-bond donors (Lipinski definition) is 0. The highest BCUT2D eigenvalue weighted by atomic mass is 35.5. The highest BCUT2D eigenvalue weighted by Crippen LogP contribution is 2.32. The van der Waals surface area contributed by atoms with E-state index >= 15 is 0 Å². The first kappa shape index (κ1) is 13.8. The predicted octanol–water partition coefficient (Wildman–Crippen LogP) is 3.62. The van der Waals surface area contributed by atoms with Gasteiger partial charge in [-0.1, -0.05) is 11.6 Å². The van der Waals surface area contributed by atoms with Crippen LogP contribution in [0.3, 0.4) is 0 Å². The smallest absolute Gasteiger partial charge is 0.194 e. The fourth-order valence-electron chi connectivity index (χ4n) is 2.04. The molecule has 0 bridgehead atoms. The van der Waals surface area contributed by atoms with Gasteiger partial charge in [0.25, 0.3) is 0 Å². The van der Waals surface area contributed by atoms with Crippen LogP contribution in [0, 0.1) is 11.6 Å². The van der Waals surface area contributed by atoms with Gasteiger partial charge in [-0.2, -0.15) is 0 Å². The number of benzene rings is 2. The molecule has 1 heterocycles. The summed E-state index contributed by atoms with van der Waals surface area (Å²) in [6.07, 6.45) is 0. The Labute approximate surface area is 124 Å². The number of ketones is 1. The van der Waals surface area contributed by atoms with Crippen molar-refractivity contribution >= 4 is 17.4 Å². The zero-order valence-electron chi connectivity index (χ0n) is 10.7. The molecular formula is C15H9ClF2O3. The van der Waals surface area contributed by atoms with E-state index in [4.69, 9.17) is 21.1 Å². The standard InChI is InChI=1S/C15H9ClF2O3/c16-10-7-12(18)11(17)6-9(10)15(19)8-1-2-13-14(5-8)21-4-3-20-13/h1-2,5-7H,3-4H2. The quantitative estimate of drug-likeness (QED) is 0.628. The van der Waals surface area contributed by atoms with E-state index in [1.54, 1.807) is 6.07 Å². The van der Waals surface area contributed by atoms with Crippen LogP contribution < -0.4 is 9.47 Å². The van der Waals surface area contributed by atoms with Crippen molar-refractivity contribution in [1.29, 1.82) is 0 Å².